The summed E-state index contributed by atoms with van der Waals surface area (Å²) in [4.78, 5) is 4.10. The van der Waals surface area contributed by atoms with Crippen molar-refractivity contribution in [2.45, 2.75) is 20.3 Å². The second kappa shape index (κ2) is 8.51. The molecule has 0 unspecified atom stereocenters. The van der Waals surface area contributed by atoms with E-state index in [1.165, 1.54) is 0 Å². The van der Waals surface area contributed by atoms with Gasteiger partial charge in [0.2, 0.25) is 0 Å². The Morgan fingerprint density at radius 1 is 1.31 bits per heavy atom. The Bertz CT molecular complexity index is 877. The molecule has 0 spiro atoms. The number of imidazole rings is 1. The molecule has 1 aliphatic rings. The van der Waals surface area contributed by atoms with Gasteiger partial charge in [0.25, 0.3) is 0 Å². The van der Waals surface area contributed by atoms with E-state index in [9.17, 15) is 0 Å². The van der Waals surface area contributed by atoms with Crippen LogP contribution in [0.5, 0.6) is 0 Å². The van der Waals surface area contributed by atoms with E-state index < -0.39 is 0 Å². The summed E-state index contributed by atoms with van der Waals surface area (Å²) < 4.78 is 1.97. The van der Waals surface area contributed by atoms with Gasteiger partial charge >= 0.3 is 0 Å². The number of amidine groups is 1. The smallest absolute Gasteiger partial charge is 0.170 e. The molecule has 0 amide bonds. The minimum atomic E-state index is 0.674. The maximum absolute atomic E-state index is 6.56. The van der Waals surface area contributed by atoms with E-state index in [1.54, 1.807) is 12.5 Å². The van der Waals surface area contributed by atoms with Crippen LogP contribution in [-0.2, 0) is 0 Å². The van der Waals surface area contributed by atoms with Crippen molar-refractivity contribution < 1.29 is 0 Å². The summed E-state index contributed by atoms with van der Waals surface area (Å²) in [5.74, 6) is 0.700. The van der Waals surface area contributed by atoms with Gasteiger partial charge in [-0.1, -0.05) is 48.9 Å². The Morgan fingerprint density at radius 2 is 2.19 bits per heavy atom. The molecule has 2 heterocycles. The molecule has 1 aromatic carbocycles. The van der Waals surface area contributed by atoms with Crippen molar-refractivity contribution in [2.24, 2.45) is 5.10 Å². The number of aromatic nitrogens is 2. The van der Waals surface area contributed by atoms with E-state index in [1.807, 2.05) is 42.0 Å². The minimum Gasteiger partial charge on any atom is -0.307 e. The summed E-state index contributed by atoms with van der Waals surface area (Å²) in [7, 11) is 0. The largest absolute Gasteiger partial charge is 0.307 e. The molecule has 7 heteroatoms. The highest BCUT2D eigenvalue weighted by Crippen LogP contribution is 2.27. The molecule has 134 valence electrons. The van der Waals surface area contributed by atoms with Gasteiger partial charge in [-0.15, -0.1) is 10.6 Å². The number of hydrazine groups is 2. The molecule has 2 aromatic rings. The highest BCUT2D eigenvalue weighted by atomic mass is 35.5. The zero-order valence-electron chi connectivity index (χ0n) is 14.7. The van der Waals surface area contributed by atoms with Crippen LogP contribution in [0.25, 0.3) is 11.3 Å². The van der Waals surface area contributed by atoms with Gasteiger partial charge in [-0.2, -0.15) is 0 Å². The molecule has 3 rings (SSSR count). The van der Waals surface area contributed by atoms with Gasteiger partial charge < -0.3 is 4.57 Å². The van der Waals surface area contributed by atoms with Crippen molar-refractivity contribution >= 4 is 28.7 Å². The summed E-state index contributed by atoms with van der Waals surface area (Å²) in [6.45, 7) is 4.11. The van der Waals surface area contributed by atoms with Gasteiger partial charge in [-0.25, -0.2) is 10.5 Å². The number of rotatable bonds is 6. The van der Waals surface area contributed by atoms with Crippen LogP contribution < -0.4 is 16.5 Å². The topological polar surface area (TPSA) is 66.3 Å². The van der Waals surface area contributed by atoms with Crippen molar-refractivity contribution in [3.05, 3.63) is 77.4 Å². The van der Waals surface area contributed by atoms with E-state index in [0.29, 0.717) is 10.9 Å². The number of allylic oxidation sites excluding steroid dienone is 6. The lowest BCUT2D eigenvalue weighted by atomic mass is 10.0. The predicted octanol–water partition coefficient (Wildman–Crippen LogP) is 3.72. The monoisotopic (exact) mass is 368 g/mol. The minimum absolute atomic E-state index is 0.674. The molecule has 0 aliphatic carbocycles. The molecular formula is C19H21ClN6. The zero-order chi connectivity index (χ0) is 18.4. The number of nitrogens with one attached hydrogen (secondary N) is 3. The second-order valence-electron chi connectivity index (χ2n) is 5.60. The zero-order valence-corrected chi connectivity index (χ0v) is 15.5. The molecule has 3 N–H and O–H groups in total. The van der Waals surface area contributed by atoms with Gasteiger partial charge in [-0.05, 0) is 31.1 Å². The first-order valence-corrected chi connectivity index (χ1v) is 8.77. The highest BCUT2D eigenvalue weighted by molar-refractivity contribution is 6.33. The first kappa shape index (κ1) is 18.0. The van der Waals surface area contributed by atoms with Crippen LogP contribution >= 0.6 is 11.6 Å². The fourth-order valence-corrected chi connectivity index (χ4v) is 2.93. The van der Waals surface area contributed by atoms with Crippen LogP contribution in [0.15, 0.2) is 66.3 Å². The molecule has 1 aliphatic heterocycles. The van der Waals surface area contributed by atoms with Gasteiger partial charge in [0.05, 0.1) is 6.33 Å². The Balaban J connectivity index is 1.88. The quantitative estimate of drug-likeness (QED) is 0.680. The van der Waals surface area contributed by atoms with Gasteiger partial charge in [-0.3, -0.25) is 5.43 Å². The normalized spacial score (nSPS) is 15.1. The van der Waals surface area contributed by atoms with E-state index in [2.05, 4.69) is 51.7 Å². The van der Waals surface area contributed by atoms with Crippen molar-refractivity contribution in [2.75, 3.05) is 0 Å². The summed E-state index contributed by atoms with van der Waals surface area (Å²) in [6, 6.07) is 5.91. The van der Waals surface area contributed by atoms with Crippen LogP contribution in [0.2, 0.25) is 5.02 Å². The van der Waals surface area contributed by atoms with Crippen molar-refractivity contribution in [1.29, 1.82) is 0 Å². The molecule has 0 atom stereocenters. The molecule has 26 heavy (non-hydrogen) atoms. The van der Waals surface area contributed by atoms with Crippen LogP contribution in [0.1, 0.15) is 31.4 Å². The molecule has 1 aromatic heterocycles. The van der Waals surface area contributed by atoms with Crippen LogP contribution in [0.4, 0.5) is 0 Å². The van der Waals surface area contributed by atoms with E-state index in [-0.39, 0.29) is 0 Å². The Hall–Kier alpha value is -2.83. The van der Waals surface area contributed by atoms with Crippen LogP contribution in [0, 0.1) is 0 Å². The standard InChI is InChI=1S/C19H21ClN6/c1-3-5-14(6-8-16(4-2)26-11-10-21-13-26)17-9-7-15(12-18(17)20)19-22-24-25-23-19/h4-13,24-25H,3H2,1-2H3,(H,22,23)/b8-6-,14-5+,16-4+. The molecule has 6 nitrogen and oxygen atoms in total. The summed E-state index contributed by atoms with van der Waals surface area (Å²) in [5, 5.41) is 4.77. The van der Waals surface area contributed by atoms with E-state index in [0.717, 1.165) is 28.8 Å². The molecule has 0 bridgehead atoms. The summed E-state index contributed by atoms with van der Waals surface area (Å²) >= 11 is 6.56. The molecule has 0 saturated carbocycles. The number of benzene rings is 1. The van der Waals surface area contributed by atoms with Crippen LogP contribution in [-0.4, -0.2) is 15.4 Å². The molecule has 0 saturated heterocycles. The molecule has 0 fully saturated rings. The average Bonchev–Trinajstić information content (AvgIpc) is 3.35. The number of hydrazone groups is 1. The van der Waals surface area contributed by atoms with E-state index in [4.69, 9.17) is 11.6 Å². The molecule has 0 radical (unpaired) electrons. The van der Waals surface area contributed by atoms with Gasteiger partial charge in [0, 0.05) is 34.2 Å². The maximum atomic E-state index is 6.56. The third-order valence-corrected chi connectivity index (χ3v) is 4.23. The number of hydrogen-bond acceptors (Lipinski definition) is 5. The second-order valence-corrected chi connectivity index (χ2v) is 6.01. The summed E-state index contributed by atoms with van der Waals surface area (Å²) in [5.41, 5.74) is 12.3. The highest BCUT2D eigenvalue weighted by Gasteiger charge is 2.11. The third-order valence-electron chi connectivity index (χ3n) is 3.91. The fourth-order valence-electron chi connectivity index (χ4n) is 2.64. The van der Waals surface area contributed by atoms with Crippen LogP contribution in [0.3, 0.4) is 0 Å². The lowest BCUT2D eigenvalue weighted by Gasteiger charge is -2.09. The summed E-state index contributed by atoms with van der Waals surface area (Å²) in [6.07, 6.45) is 14.7. The van der Waals surface area contributed by atoms with E-state index >= 15 is 0 Å². The Kier molecular flexibility index (Phi) is 5.88. The lowest BCUT2D eigenvalue weighted by molar-refractivity contribution is 0.577. The van der Waals surface area contributed by atoms with Gasteiger partial charge in [0.15, 0.2) is 5.84 Å². The molecular weight excluding hydrogens is 348 g/mol. The van der Waals surface area contributed by atoms with Crippen molar-refractivity contribution in [1.82, 2.24) is 26.0 Å². The van der Waals surface area contributed by atoms with Crippen molar-refractivity contribution in [3.63, 3.8) is 0 Å². The number of nitrogens with zero attached hydrogens (tertiary/aromatic N) is 3. The fraction of sp³-hybridized carbons (Fsp3) is 0.158. The number of hydrogen-bond donors (Lipinski definition) is 3. The maximum Gasteiger partial charge on any atom is 0.170 e. The third kappa shape index (κ3) is 4.04. The SMILES string of the molecule is C\C=C(/C=C\C(=C/CC)c1ccc(C2=NNNN2)cc1Cl)n1ccnc1. The lowest BCUT2D eigenvalue weighted by Crippen LogP contribution is -2.35. The predicted molar refractivity (Wildman–Crippen MR) is 107 cm³/mol. The average molecular weight is 369 g/mol. The Morgan fingerprint density at radius 3 is 2.81 bits per heavy atom. The Labute approximate surface area is 157 Å². The van der Waals surface area contributed by atoms with Crippen molar-refractivity contribution in [3.8, 4) is 0 Å². The first-order valence-electron chi connectivity index (χ1n) is 8.39. The van der Waals surface area contributed by atoms with Gasteiger partial charge in [0.1, 0.15) is 0 Å². The number of halogens is 1. The first-order chi connectivity index (χ1) is 12.7.